The third kappa shape index (κ3) is 2.42. The summed E-state index contributed by atoms with van der Waals surface area (Å²) in [5.41, 5.74) is 2.69. The molecule has 0 saturated heterocycles. The number of benzene rings is 1. The summed E-state index contributed by atoms with van der Waals surface area (Å²) in [4.78, 5) is 12.9. The quantitative estimate of drug-likeness (QED) is 0.864. The van der Waals surface area contributed by atoms with Gasteiger partial charge in [-0.3, -0.25) is 0 Å². The fourth-order valence-electron chi connectivity index (χ4n) is 2.72. The predicted octanol–water partition coefficient (Wildman–Crippen LogP) is 2.44. The molecule has 1 aromatic carbocycles. The summed E-state index contributed by atoms with van der Waals surface area (Å²) in [6.07, 6.45) is -0.964. The van der Waals surface area contributed by atoms with Crippen LogP contribution in [-0.2, 0) is 5.41 Å². The Morgan fingerprint density at radius 3 is 2.83 bits per heavy atom. The van der Waals surface area contributed by atoms with Gasteiger partial charge < -0.3 is 15.3 Å². The molecule has 0 spiro atoms. The van der Waals surface area contributed by atoms with Gasteiger partial charge in [-0.05, 0) is 18.6 Å². The van der Waals surface area contributed by atoms with Crippen molar-refractivity contribution in [3.8, 4) is 0 Å². The fraction of sp³-hybridized carbons (Fsp3) is 0.500. The average Bonchev–Trinajstić information content (AvgIpc) is 2.50. The summed E-state index contributed by atoms with van der Waals surface area (Å²) in [6, 6.07) is 8.28. The molecule has 0 radical (unpaired) electrons. The topological polar surface area (TPSA) is 52.6 Å². The number of carbonyl (C=O) groups is 1. The lowest BCUT2D eigenvalue weighted by atomic mass is 9.87. The van der Waals surface area contributed by atoms with Crippen LogP contribution in [0.5, 0.6) is 0 Å². The minimum Gasteiger partial charge on any atom is -0.465 e. The van der Waals surface area contributed by atoms with Crippen LogP contribution < -0.4 is 10.2 Å². The van der Waals surface area contributed by atoms with Crippen molar-refractivity contribution in [1.82, 2.24) is 5.32 Å². The van der Waals surface area contributed by atoms with Crippen LogP contribution in [0.1, 0.15) is 26.3 Å². The van der Waals surface area contributed by atoms with Gasteiger partial charge in [-0.15, -0.1) is 0 Å². The third-order valence-corrected chi connectivity index (χ3v) is 3.42. The molecule has 4 heteroatoms. The molecule has 1 amide bonds. The molecule has 1 aromatic rings. The molecule has 0 aliphatic carbocycles. The maximum atomic E-state index is 10.6. The molecule has 2 rings (SSSR count). The lowest BCUT2D eigenvalue weighted by Gasteiger charge is -2.25. The molecular weight excluding hydrogens is 228 g/mol. The van der Waals surface area contributed by atoms with E-state index in [1.54, 1.807) is 0 Å². The van der Waals surface area contributed by atoms with Gasteiger partial charge in [-0.25, -0.2) is 4.79 Å². The van der Waals surface area contributed by atoms with E-state index in [4.69, 9.17) is 5.11 Å². The van der Waals surface area contributed by atoms with Gasteiger partial charge in [0.1, 0.15) is 0 Å². The molecular formula is C14H20N2O2. The van der Waals surface area contributed by atoms with Gasteiger partial charge in [0.05, 0.1) is 0 Å². The van der Waals surface area contributed by atoms with E-state index >= 15 is 0 Å². The Hall–Kier alpha value is -1.71. The number of rotatable bonds is 3. The average molecular weight is 248 g/mol. The number of anilines is 1. The highest BCUT2D eigenvalue weighted by Crippen LogP contribution is 2.39. The van der Waals surface area contributed by atoms with Crippen molar-refractivity contribution in [2.45, 2.75) is 32.2 Å². The fourth-order valence-corrected chi connectivity index (χ4v) is 2.72. The summed E-state index contributed by atoms with van der Waals surface area (Å²) < 4.78 is 0. The maximum absolute atomic E-state index is 10.6. The van der Waals surface area contributed by atoms with Gasteiger partial charge in [0.25, 0.3) is 0 Å². The first-order valence-electron chi connectivity index (χ1n) is 6.24. The van der Waals surface area contributed by atoms with E-state index in [0.29, 0.717) is 6.54 Å². The van der Waals surface area contributed by atoms with Crippen molar-refractivity contribution in [1.29, 1.82) is 0 Å². The van der Waals surface area contributed by atoms with Gasteiger partial charge in [0.15, 0.2) is 0 Å². The van der Waals surface area contributed by atoms with Gasteiger partial charge in [-0.1, -0.05) is 32.0 Å². The monoisotopic (exact) mass is 248 g/mol. The molecule has 1 aliphatic heterocycles. The van der Waals surface area contributed by atoms with Crippen LogP contribution in [0, 0.1) is 0 Å². The van der Waals surface area contributed by atoms with Gasteiger partial charge in [0, 0.05) is 30.2 Å². The van der Waals surface area contributed by atoms with E-state index in [-0.39, 0.29) is 11.5 Å². The molecule has 1 atom stereocenters. The van der Waals surface area contributed by atoms with Gasteiger partial charge in [0.2, 0.25) is 0 Å². The van der Waals surface area contributed by atoms with Crippen LogP contribution in [0.2, 0.25) is 0 Å². The Morgan fingerprint density at radius 2 is 2.17 bits per heavy atom. The van der Waals surface area contributed by atoms with Crippen LogP contribution >= 0.6 is 0 Å². The summed E-state index contributed by atoms with van der Waals surface area (Å²) >= 11 is 0. The van der Waals surface area contributed by atoms with E-state index in [2.05, 4.69) is 42.3 Å². The number of hydrogen-bond acceptors (Lipinski definition) is 2. The second-order valence-electron chi connectivity index (χ2n) is 5.63. The van der Waals surface area contributed by atoms with Gasteiger partial charge in [-0.2, -0.15) is 0 Å². The molecule has 0 bridgehead atoms. The van der Waals surface area contributed by atoms with Crippen molar-refractivity contribution >= 4 is 11.8 Å². The molecule has 1 unspecified atom stereocenters. The summed E-state index contributed by atoms with van der Waals surface area (Å²) in [6.45, 7) is 7.97. The van der Waals surface area contributed by atoms with Crippen LogP contribution in [-0.4, -0.2) is 30.3 Å². The Kier molecular flexibility index (Phi) is 3.20. The number of carboxylic acid groups (broad SMARTS) is 1. The minimum atomic E-state index is -0.964. The molecule has 18 heavy (non-hydrogen) atoms. The second kappa shape index (κ2) is 4.52. The van der Waals surface area contributed by atoms with E-state index in [1.165, 1.54) is 11.3 Å². The zero-order valence-corrected chi connectivity index (χ0v) is 11.1. The lowest BCUT2D eigenvalue weighted by molar-refractivity contribution is 0.191. The maximum Gasteiger partial charge on any atom is 0.404 e. The van der Waals surface area contributed by atoms with E-state index in [9.17, 15) is 4.79 Å². The molecule has 2 N–H and O–H groups in total. The molecule has 1 heterocycles. The molecule has 0 saturated carbocycles. The van der Waals surface area contributed by atoms with Gasteiger partial charge >= 0.3 is 6.09 Å². The van der Waals surface area contributed by atoms with E-state index < -0.39 is 6.09 Å². The molecule has 98 valence electrons. The standard InChI is InChI=1S/C14H20N2O2/c1-10(15-13(17)18)8-16-9-14(2,3)11-6-4-5-7-12(11)16/h4-7,10,15H,8-9H2,1-3H3,(H,17,18). The van der Waals surface area contributed by atoms with E-state index in [0.717, 1.165) is 6.54 Å². The minimum absolute atomic E-state index is 0.0792. The predicted molar refractivity (Wildman–Crippen MR) is 72.3 cm³/mol. The highest BCUT2D eigenvalue weighted by Gasteiger charge is 2.34. The molecule has 4 nitrogen and oxygen atoms in total. The Bertz CT molecular complexity index is 457. The molecule has 0 aromatic heterocycles. The largest absolute Gasteiger partial charge is 0.465 e. The SMILES string of the molecule is CC(CN1CC(C)(C)c2ccccc21)NC(=O)O. The first kappa shape index (κ1) is 12.7. The number of nitrogens with zero attached hydrogens (tertiary/aromatic N) is 1. The molecule has 1 aliphatic rings. The zero-order valence-electron chi connectivity index (χ0n) is 11.1. The Balaban J connectivity index is 2.15. The van der Waals surface area contributed by atoms with Crippen molar-refractivity contribution in [2.24, 2.45) is 0 Å². The summed E-state index contributed by atoms with van der Waals surface area (Å²) in [5.74, 6) is 0. The highest BCUT2D eigenvalue weighted by molar-refractivity contribution is 5.65. The number of nitrogens with one attached hydrogen (secondary N) is 1. The Labute approximate surface area is 108 Å². The van der Waals surface area contributed by atoms with Crippen molar-refractivity contribution in [3.63, 3.8) is 0 Å². The van der Waals surface area contributed by atoms with E-state index in [1.807, 2.05) is 13.0 Å². The number of para-hydroxylation sites is 1. The number of amides is 1. The zero-order chi connectivity index (χ0) is 13.3. The molecule has 0 fully saturated rings. The summed E-state index contributed by atoms with van der Waals surface area (Å²) in [5, 5.41) is 11.2. The van der Waals surface area contributed by atoms with Crippen LogP contribution in [0.25, 0.3) is 0 Å². The number of fused-ring (bicyclic) bond motifs is 1. The first-order chi connectivity index (χ1) is 8.40. The first-order valence-corrected chi connectivity index (χ1v) is 6.24. The van der Waals surface area contributed by atoms with Crippen molar-refractivity contribution in [2.75, 3.05) is 18.0 Å². The highest BCUT2D eigenvalue weighted by atomic mass is 16.4. The number of hydrogen-bond donors (Lipinski definition) is 2. The normalized spacial score (nSPS) is 18.3. The third-order valence-electron chi connectivity index (χ3n) is 3.42. The van der Waals surface area contributed by atoms with Crippen LogP contribution in [0.15, 0.2) is 24.3 Å². The van der Waals surface area contributed by atoms with Crippen molar-refractivity contribution < 1.29 is 9.90 Å². The van der Waals surface area contributed by atoms with Crippen molar-refractivity contribution in [3.05, 3.63) is 29.8 Å². The summed E-state index contributed by atoms with van der Waals surface area (Å²) in [7, 11) is 0. The smallest absolute Gasteiger partial charge is 0.404 e. The second-order valence-corrected chi connectivity index (χ2v) is 5.63. The Morgan fingerprint density at radius 1 is 1.50 bits per heavy atom. The van der Waals surface area contributed by atoms with Crippen LogP contribution in [0.4, 0.5) is 10.5 Å². The lowest BCUT2D eigenvalue weighted by Crippen LogP contribution is -2.42. The van der Waals surface area contributed by atoms with Crippen LogP contribution in [0.3, 0.4) is 0 Å².